The Hall–Kier alpha value is -1.56. The molecule has 6 heteroatoms. The largest absolute Gasteiger partial charge is 0.462 e. The van der Waals surface area contributed by atoms with Gasteiger partial charge < -0.3 is 9.84 Å². The first-order chi connectivity index (χ1) is 9.84. The normalized spacial score (nSPS) is 24.7. The first-order valence-corrected chi connectivity index (χ1v) is 6.86. The zero-order valence-electron chi connectivity index (χ0n) is 11.4. The number of unbranched alkanes of at least 4 members (excludes halogenated alkanes) is 1. The third kappa shape index (κ3) is 3.75. The maximum atomic E-state index is 12.4. The van der Waals surface area contributed by atoms with Gasteiger partial charge in [-0.1, -0.05) is 18.2 Å². The second-order valence-electron chi connectivity index (χ2n) is 5.32. The van der Waals surface area contributed by atoms with Gasteiger partial charge in [0.1, 0.15) is 0 Å². The molecule has 1 saturated carbocycles. The Bertz CT molecular complexity index is 487. The number of rotatable bonds is 6. The van der Waals surface area contributed by atoms with Crippen LogP contribution in [0.1, 0.15) is 36.0 Å². The molecule has 0 saturated heterocycles. The molecule has 3 nitrogen and oxygen atoms in total. The van der Waals surface area contributed by atoms with E-state index in [1.54, 1.807) is 30.3 Å². The highest BCUT2D eigenvalue weighted by molar-refractivity contribution is 5.89. The average Bonchev–Trinajstić information content (AvgIpc) is 3.11. The number of carbonyl (C=O) groups excluding carboxylic acids is 1. The number of carbonyl (C=O) groups is 1. The average molecular weight is 302 g/mol. The second kappa shape index (κ2) is 6.05. The van der Waals surface area contributed by atoms with Crippen LogP contribution >= 0.6 is 0 Å². The topological polar surface area (TPSA) is 46.5 Å². The van der Waals surface area contributed by atoms with Crippen molar-refractivity contribution in [3.63, 3.8) is 0 Å². The van der Waals surface area contributed by atoms with E-state index in [0.717, 1.165) is 0 Å². The first kappa shape index (κ1) is 15.8. The van der Waals surface area contributed by atoms with Crippen molar-refractivity contribution in [2.75, 3.05) is 6.61 Å². The molecule has 1 aliphatic rings. The summed E-state index contributed by atoms with van der Waals surface area (Å²) in [6.45, 7) is 0.172. The van der Waals surface area contributed by atoms with Gasteiger partial charge in [-0.3, -0.25) is 0 Å². The van der Waals surface area contributed by atoms with E-state index in [2.05, 4.69) is 0 Å². The van der Waals surface area contributed by atoms with Crippen molar-refractivity contribution in [1.29, 1.82) is 0 Å². The number of alkyl halides is 3. The van der Waals surface area contributed by atoms with Crippen LogP contribution in [-0.4, -0.2) is 29.5 Å². The van der Waals surface area contributed by atoms with Gasteiger partial charge in [0, 0.05) is 0 Å². The number of hydrogen-bond donors (Lipinski definition) is 1. The van der Waals surface area contributed by atoms with Gasteiger partial charge >= 0.3 is 12.1 Å². The van der Waals surface area contributed by atoms with Crippen molar-refractivity contribution >= 4 is 5.97 Å². The van der Waals surface area contributed by atoms with Crippen molar-refractivity contribution in [2.45, 2.75) is 37.5 Å². The summed E-state index contributed by atoms with van der Waals surface area (Å²) in [5, 5.41) is 9.31. The number of hydrogen-bond acceptors (Lipinski definition) is 3. The highest BCUT2D eigenvalue weighted by Crippen LogP contribution is 2.56. The molecule has 1 aromatic rings. The van der Waals surface area contributed by atoms with Gasteiger partial charge in [-0.05, 0) is 43.7 Å². The minimum Gasteiger partial charge on any atom is -0.462 e. The minimum absolute atomic E-state index is 0.172. The Morgan fingerprint density at radius 3 is 2.52 bits per heavy atom. The molecular formula is C15H17F3O3. The smallest absolute Gasteiger partial charge is 0.417 e. The molecule has 1 aromatic carbocycles. The standard InChI is InChI=1S/C15H17F3O3/c16-15(17,18)14(20)10-12(14)8-4-5-9-21-13(19)11-6-2-1-3-7-11/h1-3,6-7,12,20H,4-5,8-10H2/t12-,14-/m1/s1. The summed E-state index contributed by atoms with van der Waals surface area (Å²) in [4.78, 5) is 11.6. The van der Waals surface area contributed by atoms with Crippen LogP contribution in [0.4, 0.5) is 13.2 Å². The summed E-state index contributed by atoms with van der Waals surface area (Å²) in [7, 11) is 0. The number of esters is 1. The summed E-state index contributed by atoms with van der Waals surface area (Å²) in [6, 6.07) is 8.50. The highest BCUT2D eigenvalue weighted by Gasteiger charge is 2.69. The monoisotopic (exact) mass is 302 g/mol. The first-order valence-electron chi connectivity index (χ1n) is 6.86. The molecule has 2 atom stereocenters. The predicted octanol–water partition coefficient (Wildman–Crippen LogP) is 3.33. The molecule has 0 unspecified atom stereocenters. The van der Waals surface area contributed by atoms with Crippen LogP contribution in [-0.2, 0) is 4.74 Å². The summed E-state index contributed by atoms with van der Waals surface area (Å²) in [5.74, 6) is -1.16. The fourth-order valence-electron chi connectivity index (χ4n) is 2.32. The van der Waals surface area contributed by atoms with Crippen molar-refractivity contribution in [3.05, 3.63) is 35.9 Å². The molecule has 0 radical (unpaired) electrons. The number of benzene rings is 1. The molecule has 1 aliphatic carbocycles. The molecule has 0 amide bonds. The molecule has 0 heterocycles. The molecule has 0 aliphatic heterocycles. The Morgan fingerprint density at radius 1 is 1.29 bits per heavy atom. The van der Waals surface area contributed by atoms with Gasteiger partial charge in [0.25, 0.3) is 0 Å². The predicted molar refractivity (Wildman–Crippen MR) is 69.7 cm³/mol. The van der Waals surface area contributed by atoms with Crippen LogP contribution in [0.3, 0.4) is 0 Å². The lowest BCUT2D eigenvalue weighted by Gasteiger charge is -2.14. The summed E-state index contributed by atoms with van der Waals surface area (Å²) >= 11 is 0. The zero-order chi connectivity index (χ0) is 15.5. The molecule has 0 bridgehead atoms. The summed E-state index contributed by atoms with van der Waals surface area (Å²) < 4.78 is 42.3. The van der Waals surface area contributed by atoms with E-state index in [1.165, 1.54) is 0 Å². The van der Waals surface area contributed by atoms with Gasteiger partial charge in [0.15, 0.2) is 5.60 Å². The molecule has 2 rings (SSSR count). The zero-order valence-corrected chi connectivity index (χ0v) is 11.4. The number of aliphatic hydroxyl groups is 1. The summed E-state index contributed by atoms with van der Waals surface area (Å²) in [5.41, 5.74) is -2.04. The molecule has 1 N–H and O–H groups in total. The molecule has 116 valence electrons. The fraction of sp³-hybridized carbons (Fsp3) is 0.533. The van der Waals surface area contributed by atoms with Crippen molar-refractivity contribution in [1.82, 2.24) is 0 Å². The van der Waals surface area contributed by atoms with Gasteiger partial charge in [0.2, 0.25) is 0 Å². The number of halogens is 3. The Kier molecular flexibility index (Phi) is 4.56. The molecular weight excluding hydrogens is 285 g/mol. The van der Waals surface area contributed by atoms with E-state index in [-0.39, 0.29) is 13.0 Å². The van der Waals surface area contributed by atoms with Gasteiger partial charge in [0.05, 0.1) is 12.2 Å². The molecule has 21 heavy (non-hydrogen) atoms. The van der Waals surface area contributed by atoms with E-state index in [9.17, 15) is 23.1 Å². The van der Waals surface area contributed by atoms with Crippen LogP contribution in [0.15, 0.2) is 30.3 Å². The van der Waals surface area contributed by atoms with Gasteiger partial charge in [-0.25, -0.2) is 4.79 Å². The quantitative estimate of drug-likeness (QED) is 0.647. The maximum absolute atomic E-state index is 12.4. The Labute approximate surface area is 120 Å². The Morgan fingerprint density at radius 2 is 1.95 bits per heavy atom. The summed E-state index contributed by atoms with van der Waals surface area (Å²) in [6.07, 6.45) is -3.50. The number of ether oxygens (including phenoxy) is 1. The molecule has 0 aromatic heterocycles. The molecule has 1 fully saturated rings. The van der Waals surface area contributed by atoms with Crippen LogP contribution in [0, 0.1) is 5.92 Å². The maximum Gasteiger partial charge on any atom is 0.417 e. The molecule has 0 spiro atoms. The van der Waals surface area contributed by atoms with Crippen molar-refractivity contribution in [2.24, 2.45) is 5.92 Å². The van der Waals surface area contributed by atoms with E-state index in [1.807, 2.05) is 0 Å². The fourth-order valence-corrected chi connectivity index (χ4v) is 2.32. The lowest BCUT2D eigenvalue weighted by molar-refractivity contribution is -0.224. The van der Waals surface area contributed by atoms with E-state index in [0.29, 0.717) is 24.8 Å². The lowest BCUT2D eigenvalue weighted by atomic mass is 10.1. The van der Waals surface area contributed by atoms with Crippen LogP contribution in [0.25, 0.3) is 0 Å². The van der Waals surface area contributed by atoms with Gasteiger partial charge in [-0.15, -0.1) is 0 Å². The van der Waals surface area contributed by atoms with Crippen LogP contribution in [0.2, 0.25) is 0 Å². The minimum atomic E-state index is -4.54. The van der Waals surface area contributed by atoms with Gasteiger partial charge in [-0.2, -0.15) is 13.2 Å². The third-order valence-electron chi connectivity index (χ3n) is 3.75. The lowest BCUT2D eigenvalue weighted by Crippen LogP contribution is -2.32. The Balaban J connectivity index is 1.61. The second-order valence-corrected chi connectivity index (χ2v) is 5.32. The van der Waals surface area contributed by atoms with E-state index >= 15 is 0 Å². The van der Waals surface area contributed by atoms with E-state index in [4.69, 9.17) is 4.74 Å². The van der Waals surface area contributed by atoms with Crippen molar-refractivity contribution < 1.29 is 27.8 Å². The van der Waals surface area contributed by atoms with E-state index < -0.39 is 23.7 Å². The van der Waals surface area contributed by atoms with Crippen LogP contribution in [0.5, 0.6) is 0 Å². The van der Waals surface area contributed by atoms with Crippen molar-refractivity contribution in [3.8, 4) is 0 Å². The van der Waals surface area contributed by atoms with Crippen LogP contribution < -0.4 is 0 Å². The SMILES string of the molecule is O=C(OCCCC[C@@H]1C[C@]1(O)C(F)(F)F)c1ccccc1. The third-order valence-corrected chi connectivity index (χ3v) is 3.75. The highest BCUT2D eigenvalue weighted by atomic mass is 19.4.